The quantitative estimate of drug-likeness (QED) is 0.319. The van der Waals surface area contributed by atoms with Crippen molar-refractivity contribution < 1.29 is 9.59 Å². The first-order valence-corrected chi connectivity index (χ1v) is 9.72. The van der Waals surface area contributed by atoms with E-state index >= 15 is 0 Å². The normalized spacial score (nSPS) is 15.5. The standard InChI is InChI=1S/C18H34N4O2.2ClH/c23-17(7-11-21-13-14-21)19-9-5-3-1-2-4-6-10-20-18(24)8-12-22-15-16-22;;/h1-16H2,(H,19,23)(H,20,24);2*1H. The molecule has 0 bridgehead atoms. The van der Waals surface area contributed by atoms with E-state index in [1.807, 2.05) is 0 Å². The van der Waals surface area contributed by atoms with Crippen molar-refractivity contribution in [1.82, 2.24) is 20.4 Å². The van der Waals surface area contributed by atoms with Gasteiger partial charge in [-0.05, 0) is 12.8 Å². The molecular weight excluding hydrogens is 375 g/mol. The van der Waals surface area contributed by atoms with Gasteiger partial charge in [-0.25, -0.2) is 0 Å². The molecule has 2 aliphatic heterocycles. The second-order valence-corrected chi connectivity index (χ2v) is 7.00. The number of hydrogen-bond donors (Lipinski definition) is 2. The minimum Gasteiger partial charge on any atom is -0.356 e. The number of amides is 2. The lowest BCUT2D eigenvalue weighted by atomic mass is 10.1. The molecule has 0 spiro atoms. The Kier molecular flexibility index (Phi) is 15.2. The van der Waals surface area contributed by atoms with Crippen molar-refractivity contribution >= 4 is 36.6 Å². The summed E-state index contributed by atoms with van der Waals surface area (Å²) < 4.78 is 0. The maximum atomic E-state index is 11.5. The smallest absolute Gasteiger partial charge is 0.221 e. The van der Waals surface area contributed by atoms with Crippen LogP contribution in [-0.4, -0.2) is 74.0 Å². The van der Waals surface area contributed by atoms with Crippen molar-refractivity contribution in [2.24, 2.45) is 0 Å². The molecule has 0 aromatic rings. The summed E-state index contributed by atoms with van der Waals surface area (Å²) in [5.41, 5.74) is 0. The average molecular weight is 411 g/mol. The minimum absolute atomic E-state index is 0. The first kappa shape index (κ1) is 25.4. The maximum Gasteiger partial charge on any atom is 0.221 e. The highest BCUT2D eigenvalue weighted by atomic mass is 35.5. The zero-order valence-corrected chi connectivity index (χ0v) is 17.5. The average Bonchev–Trinajstić information content (AvgIpc) is 3.47. The fraction of sp³-hybridized carbons (Fsp3) is 0.889. The molecule has 0 aromatic heterocycles. The predicted molar refractivity (Wildman–Crippen MR) is 110 cm³/mol. The van der Waals surface area contributed by atoms with Gasteiger partial charge in [0.2, 0.25) is 11.8 Å². The van der Waals surface area contributed by atoms with Gasteiger partial charge in [0.1, 0.15) is 0 Å². The third-order valence-electron chi connectivity index (χ3n) is 4.64. The van der Waals surface area contributed by atoms with Crippen LogP contribution in [0.4, 0.5) is 0 Å². The lowest BCUT2D eigenvalue weighted by molar-refractivity contribution is -0.122. The van der Waals surface area contributed by atoms with Crippen LogP contribution in [0.3, 0.4) is 0 Å². The molecule has 2 heterocycles. The summed E-state index contributed by atoms with van der Waals surface area (Å²) in [6.45, 7) is 8.11. The van der Waals surface area contributed by atoms with Crippen LogP contribution in [0.1, 0.15) is 51.4 Å². The van der Waals surface area contributed by atoms with E-state index in [0.29, 0.717) is 12.8 Å². The Morgan fingerprint density at radius 3 is 1.31 bits per heavy atom. The van der Waals surface area contributed by atoms with Gasteiger partial charge in [0, 0.05) is 65.2 Å². The molecule has 6 nitrogen and oxygen atoms in total. The van der Waals surface area contributed by atoms with E-state index in [9.17, 15) is 9.59 Å². The molecule has 8 heteroatoms. The lowest BCUT2D eigenvalue weighted by Gasteiger charge is -2.06. The van der Waals surface area contributed by atoms with E-state index in [0.717, 1.165) is 65.2 Å². The summed E-state index contributed by atoms with van der Waals surface area (Å²) in [5, 5.41) is 5.99. The number of rotatable bonds is 15. The van der Waals surface area contributed by atoms with Gasteiger partial charge in [0.25, 0.3) is 0 Å². The van der Waals surface area contributed by atoms with Gasteiger partial charge >= 0.3 is 0 Å². The zero-order valence-electron chi connectivity index (χ0n) is 15.8. The van der Waals surface area contributed by atoms with Crippen LogP contribution >= 0.6 is 24.8 Å². The van der Waals surface area contributed by atoms with Gasteiger partial charge in [-0.2, -0.15) is 0 Å². The van der Waals surface area contributed by atoms with Crippen LogP contribution in [0.25, 0.3) is 0 Å². The molecule has 0 aromatic carbocycles. The van der Waals surface area contributed by atoms with Gasteiger partial charge in [-0.3, -0.25) is 9.59 Å². The highest BCUT2D eigenvalue weighted by Crippen LogP contribution is 2.06. The van der Waals surface area contributed by atoms with Gasteiger partial charge < -0.3 is 20.4 Å². The Balaban J connectivity index is 0.00000312. The molecule has 2 rings (SSSR count). The second-order valence-electron chi connectivity index (χ2n) is 7.00. The molecule has 2 aliphatic rings. The molecule has 2 saturated heterocycles. The number of unbranched alkanes of at least 4 members (excludes halogenated alkanes) is 5. The van der Waals surface area contributed by atoms with Crippen molar-refractivity contribution in [3.8, 4) is 0 Å². The number of nitrogens with zero attached hydrogens (tertiary/aromatic N) is 2. The third kappa shape index (κ3) is 14.6. The monoisotopic (exact) mass is 410 g/mol. The summed E-state index contributed by atoms with van der Waals surface area (Å²) in [4.78, 5) is 27.6. The van der Waals surface area contributed by atoms with Crippen LogP contribution in [0.5, 0.6) is 0 Å². The number of hydrogen-bond acceptors (Lipinski definition) is 4. The molecule has 0 aliphatic carbocycles. The molecule has 2 N–H and O–H groups in total. The molecular formula is C18H36Cl2N4O2. The Labute approximate surface area is 170 Å². The number of halogens is 2. The van der Waals surface area contributed by atoms with E-state index in [1.165, 1.54) is 25.7 Å². The Morgan fingerprint density at radius 2 is 0.962 bits per heavy atom. The largest absolute Gasteiger partial charge is 0.356 e. The highest BCUT2D eigenvalue weighted by Gasteiger charge is 2.18. The Morgan fingerprint density at radius 1 is 0.615 bits per heavy atom. The fourth-order valence-electron chi connectivity index (χ4n) is 2.70. The molecule has 2 amide bonds. The summed E-state index contributed by atoms with van der Waals surface area (Å²) in [6, 6.07) is 0. The first-order valence-electron chi connectivity index (χ1n) is 9.72. The fourth-order valence-corrected chi connectivity index (χ4v) is 2.70. The molecule has 0 unspecified atom stereocenters. The van der Waals surface area contributed by atoms with Crippen molar-refractivity contribution in [2.75, 3.05) is 52.4 Å². The van der Waals surface area contributed by atoms with Gasteiger partial charge in [0.05, 0.1) is 0 Å². The Hall–Kier alpha value is -0.560. The van der Waals surface area contributed by atoms with Gasteiger partial charge in [-0.1, -0.05) is 25.7 Å². The van der Waals surface area contributed by atoms with Gasteiger partial charge in [0.15, 0.2) is 0 Å². The van der Waals surface area contributed by atoms with Crippen LogP contribution in [0.15, 0.2) is 0 Å². The van der Waals surface area contributed by atoms with Crippen LogP contribution < -0.4 is 10.6 Å². The lowest BCUT2D eigenvalue weighted by Crippen LogP contribution is -2.26. The summed E-state index contributed by atoms with van der Waals surface area (Å²) >= 11 is 0. The van der Waals surface area contributed by atoms with Crippen molar-refractivity contribution in [1.29, 1.82) is 0 Å². The van der Waals surface area contributed by atoms with E-state index in [-0.39, 0.29) is 36.6 Å². The summed E-state index contributed by atoms with van der Waals surface area (Å²) in [7, 11) is 0. The topological polar surface area (TPSA) is 64.2 Å². The van der Waals surface area contributed by atoms with Crippen LogP contribution in [0.2, 0.25) is 0 Å². The molecule has 0 saturated carbocycles. The molecule has 2 fully saturated rings. The summed E-state index contributed by atoms with van der Waals surface area (Å²) in [6.07, 6.45) is 8.21. The van der Waals surface area contributed by atoms with E-state index in [2.05, 4.69) is 20.4 Å². The van der Waals surface area contributed by atoms with Gasteiger partial charge in [-0.15, -0.1) is 24.8 Å². The minimum atomic E-state index is 0. The first-order chi connectivity index (χ1) is 11.7. The second kappa shape index (κ2) is 15.5. The summed E-state index contributed by atoms with van der Waals surface area (Å²) in [5.74, 6) is 0.382. The maximum absolute atomic E-state index is 11.5. The molecule has 154 valence electrons. The van der Waals surface area contributed by atoms with E-state index in [4.69, 9.17) is 0 Å². The predicted octanol–water partition coefficient (Wildman–Crippen LogP) is 1.81. The van der Waals surface area contributed by atoms with Crippen LogP contribution in [0, 0.1) is 0 Å². The zero-order chi connectivity index (χ0) is 17.0. The number of carbonyl (C=O) groups is 2. The molecule has 0 radical (unpaired) electrons. The highest BCUT2D eigenvalue weighted by molar-refractivity contribution is 5.85. The number of nitrogens with one attached hydrogen (secondary N) is 2. The van der Waals surface area contributed by atoms with E-state index in [1.54, 1.807) is 0 Å². The van der Waals surface area contributed by atoms with Crippen LogP contribution in [-0.2, 0) is 9.59 Å². The van der Waals surface area contributed by atoms with E-state index < -0.39 is 0 Å². The third-order valence-corrected chi connectivity index (χ3v) is 4.64. The Bertz CT molecular complexity index is 355. The van der Waals surface area contributed by atoms with Crippen molar-refractivity contribution in [2.45, 2.75) is 51.4 Å². The SMILES string of the molecule is Cl.Cl.O=C(CCN1CC1)NCCCCCCCCNC(=O)CCN1CC1. The number of carbonyl (C=O) groups excluding carboxylic acids is 2. The van der Waals surface area contributed by atoms with Crippen molar-refractivity contribution in [3.05, 3.63) is 0 Å². The molecule has 0 atom stereocenters. The molecule has 26 heavy (non-hydrogen) atoms. The van der Waals surface area contributed by atoms with Crippen molar-refractivity contribution in [3.63, 3.8) is 0 Å².